The van der Waals surface area contributed by atoms with Crippen LogP contribution in [-0.4, -0.2) is 22.9 Å². The molecule has 1 atom stereocenters. The number of aromatic hydroxyl groups is 1. The molecule has 0 heterocycles. The molecule has 1 unspecified atom stereocenters. The summed E-state index contributed by atoms with van der Waals surface area (Å²) in [6.45, 7) is 2.15. The Hall–Kier alpha value is -1.13. The first kappa shape index (κ1) is 10.9. The van der Waals surface area contributed by atoms with Crippen LogP contribution in [0.2, 0.25) is 0 Å². The van der Waals surface area contributed by atoms with Crippen molar-refractivity contribution in [3.8, 4) is 5.75 Å². The zero-order valence-corrected chi connectivity index (χ0v) is 8.00. The van der Waals surface area contributed by atoms with Gasteiger partial charge in [-0.25, -0.2) is 4.39 Å². The first-order valence-electron chi connectivity index (χ1n) is 4.45. The summed E-state index contributed by atoms with van der Waals surface area (Å²) in [6, 6.07) is 3.72. The first-order chi connectivity index (χ1) is 6.63. The molecule has 4 heteroatoms. The van der Waals surface area contributed by atoms with Gasteiger partial charge in [0.2, 0.25) is 0 Å². The van der Waals surface area contributed by atoms with Gasteiger partial charge in [-0.3, -0.25) is 0 Å². The number of aliphatic hydroxyl groups excluding tert-OH is 1. The molecule has 0 fully saturated rings. The molecule has 0 aliphatic heterocycles. The van der Waals surface area contributed by atoms with E-state index in [1.807, 2.05) is 0 Å². The van der Waals surface area contributed by atoms with Crippen molar-refractivity contribution >= 4 is 0 Å². The number of rotatable bonds is 4. The predicted molar refractivity (Wildman–Crippen MR) is 51.5 cm³/mol. The summed E-state index contributed by atoms with van der Waals surface area (Å²) in [5.41, 5.74) is 0.491. The van der Waals surface area contributed by atoms with Crippen LogP contribution in [0.15, 0.2) is 18.2 Å². The van der Waals surface area contributed by atoms with E-state index < -0.39 is 0 Å². The number of hydrogen-bond acceptors (Lipinski definition) is 3. The fraction of sp³-hybridized carbons (Fsp3) is 0.400. The van der Waals surface area contributed by atoms with Crippen LogP contribution in [0.1, 0.15) is 12.5 Å². The highest BCUT2D eigenvalue weighted by atomic mass is 19.1. The molecule has 3 nitrogen and oxygen atoms in total. The van der Waals surface area contributed by atoms with Crippen LogP contribution >= 0.6 is 0 Å². The maximum Gasteiger partial charge on any atom is 0.123 e. The quantitative estimate of drug-likeness (QED) is 0.678. The molecule has 0 aliphatic carbocycles. The summed E-state index contributed by atoms with van der Waals surface area (Å²) < 4.78 is 12.8. The van der Waals surface area contributed by atoms with E-state index in [-0.39, 0.29) is 24.2 Å². The monoisotopic (exact) mass is 199 g/mol. The number of halogens is 1. The van der Waals surface area contributed by atoms with E-state index in [1.54, 1.807) is 6.92 Å². The maximum atomic E-state index is 12.8. The first-order valence-corrected chi connectivity index (χ1v) is 4.45. The van der Waals surface area contributed by atoms with Crippen LogP contribution in [0.4, 0.5) is 4.39 Å². The minimum absolute atomic E-state index is 0.01000. The zero-order valence-electron chi connectivity index (χ0n) is 8.00. The van der Waals surface area contributed by atoms with Crippen molar-refractivity contribution in [3.05, 3.63) is 29.6 Å². The van der Waals surface area contributed by atoms with Crippen LogP contribution in [0.3, 0.4) is 0 Å². The minimum atomic E-state index is -0.378. The van der Waals surface area contributed by atoms with E-state index in [2.05, 4.69) is 5.32 Å². The summed E-state index contributed by atoms with van der Waals surface area (Å²) in [7, 11) is 0. The Labute approximate surface area is 82.2 Å². The van der Waals surface area contributed by atoms with Gasteiger partial charge in [-0.2, -0.15) is 0 Å². The van der Waals surface area contributed by atoms with Gasteiger partial charge < -0.3 is 15.5 Å². The van der Waals surface area contributed by atoms with E-state index in [0.717, 1.165) is 0 Å². The summed E-state index contributed by atoms with van der Waals surface area (Å²) >= 11 is 0. The third-order valence-corrected chi connectivity index (χ3v) is 1.96. The Bertz CT molecular complexity index is 304. The maximum absolute atomic E-state index is 12.8. The Morgan fingerprint density at radius 3 is 2.86 bits per heavy atom. The molecule has 0 saturated heterocycles. The lowest BCUT2D eigenvalue weighted by Crippen LogP contribution is -2.28. The van der Waals surface area contributed by atoms with Crippen LogP contribution in [0.25, 0.3) is 0 Å². The highest BCUT2D eigenvalue weighted by Gasteiger charge is 2.04. The van der Waals surface area contributed by atoms with E-state index in [4.69, 9.17) is 5.11 Å². The summed E-state index contributed by atoms with van der Waals surface area (Å²) in [6.07, 6.45) is 0. The normalized spacial score (nSPS) is 12.8. The number of benzene rings is 1. The largest absolute Gasteiger partial charge is 0.508 e. The predicted octanol–water partition coefficient (Wildman–Crippen LogP) is 1.00. The number of hydrogen-bond donors (Lipinski definition) is 3. The molecule has 0 amide bonds. The molecule has 3 N–H and O–H groups in total. The highest BCUT2D eigenvalue weighted by Crippen LogP contribution is 2.17. The fourth-order valence-corrected chi connectivity index (χ4v) is 1.04. The van der Waals surface area contributed by atoms with Crippen LogP contribution in [-0.2, 0) is 6.54 Å². The van der Waals surface area contributed by atoms with Gasteiger partial charge in [0.25, 0.3) is 0 Å². The fourth-order valence-electron chi connectivity index (χ4n) is 1.04. The second kappa shape index (κ2) is 4.93. The molecule has 1 aromatic rings. The second-order valence-electron chi connectivity index (χ2n) is 3.24. The molecule has 78 valence electrons. The van der Waals surface area contributed by atoms with E-state index in [0.29, 0.717) is 12.1 Å². The lowest BCUT2D eigenvalue weighted by Gasteiger charge is -2.11. The molecule has 1 aromatic carbocycles. The molecule has 0 aromatic heterocycles. The summed E-state index contributed by atoms with van der Waals surface area (Å²) in [5, 5.41) is 21.0. The number of phenolic OH excluding ortho intramolecular Hbond substituents is 1. The molecule has 0 radical (unpaired) electrons. The lowest BCUT2D eigenvalue weighted by atomic mass is 10.2. The topological polar surface area (TPSA) is 52.5 Å². The van der Waals surface area contributed by atoms with Crippen molar-refractivity contribution in [1.82, 2.24) is 5.32 Å². The van der Waals surface area contributed by atoms with Crippen LogP contribution < -0.4 is 5.32 Å². The Morgan fingerprint density at radius 1 is 1.50 bits per heavy atom. The van der Waals surface area contributed by atoms with Crippen LogP contribution in [0.5, 0.6) is 5.75 Å². The average Bonchev–Trinajstić information content (AvgIpc) is 2.19. The summed E-state index contributed by atoms with van der Waals surface area (Å²) in [5.74, 6) is -0.319. The van der Waals surface area contributed by atoms with Gasteiger partial charge in [0, 0.05) is 18.2 Å². The van der Waals surface area contributed by atoms with Gasteiger partial charge in [0.1, 0.15) is 11.6 Å². The zero-order chi connectivity index (χ0) is 10.6. The third-order valence-electron chi connectivity index (χ3n) is 1.96. The minimum Gasteiger partial charge on any atom is -0.508 e. The number of phenols is 1. The molecular weight excluding hydrogens is 185 g/mol. The van der Waals surface area contributed by atoms with Gasteiger partial charge in [-0.05, 0) is 25.1 Å². The van der Waals surface area contributed by atoms with Gasteiger partial charge in [-0.1, -0.05) is 0 Å². The van der Waals surface area contributed by atoms with E-state index >= 15 is 0 Å². The second-order valence-corrected chi connectivity index (χ2v) is 3.24. The molecule has 0 aliphatic rings. The van der Waals surface area contributed by atoms with Crippen molar-refractivity contribution in [3.63, 3.8) is 0 Å². The number of aliphatic hydroxyl groups is 1. The molecule has 1 rings (SSSR count). The van der Waals surface area contributed by atoms with E-state index in [9.17, 15) is 9.50 Å². The van der Waals surface area contributed by atoms with Crippen molar-refractivity contribution in [2.75, 3.05) is 6.61 Å². The molecule has 14 heavy (non-hydrogen) atoms. The lowest BCUT2D eigenvalue weighted by molar-refractivity contribution is 0.250. The van der Waals surface area contributed by atoms with Crippen molar-refractivity contribution in [2.24, 2.45) is 0 Å². The van der Waals surface area contributed by atoms with Gasteiger partial charge in [0.05, 0.1) is 6.61 Å². The number of nitrogens with one attached hydrogen (secondary N) is 1. The average molecular weight is 199 g/mol. The molecular formula is C10H14FNO2. The van der Waals surface area contributed by atoms with Crippen molar-refractivity contribution < 1.29 is 14.6 Å². The van der Waals surface area contributed by atoms with Crippen molar-refractivity contribution in [1.29, 1.82) is 0 Å². The SMILES string of the molecule is CC(CO)NCc1cc(F)ccc1O. The molecule has 0 saturated carbocycles. The molecule has 0 spiro atoms. The molecule has 0 bridgehead atoms. The smallest absolute Gasteiger partial charge is 0.123 e. The highest BCUT2D eigenvalue weighted by molar-refractivity contribution is 5.32. The van der Waals surface area contributed by atoms with Gasteiger partial charge >= 0.3 is 0 Å². The Balaban J connectivity index is 2.62. The van der Waals surface area contributed by atoms with Gasteiger partial charge in [0.15, 0.2) is 0 Å². The standard InChI is InChI=1S/C10H14FNO2/c1-7(6-13)12-5-8-4-9(11)2-3-10(8)14/h2-4,7,12-14H,5-6H2,1H3. The van der Waals surface area contributed by atoms with Crippen LogP contribution in [0, 0.1) is 5.82 Å². The Morgan fingerprint density at radius 2 is 2.21 bits per heavy atom. The summed E-state index contributed by atoms with van der Waals surface area (Å²) in [4.78, 5) is 0. The van der Waals surface area contributed by atoms with Gasteiger partial charge in [-0.15, -0.1) is 0 Å². The third kappa shape index (κ3) is 2.97. The van der Waals surface area contributed by atoms with Crippen molar-refractivity contribution in [2.45, 2.75) is 19.5 Å². The van der Waals surface area contributed by atoms with E-state index in [1.165, 1.54) is 18.2 Å². The Kier molecular flexibility index (Phi) is 3.85.